The molecule has 1 amide bonds. The smallest absolute Gasteiger partial charge is 0.253 e. The summed E-state index contributed by atoms with van der Waals surface area (Å²) in [6, 6.07) is 7.84. The summed E-state index contributed by atoms with van der Waals surface area (Å²) in [5.74, 6) is -0.0381. The largest absolute Gasteiger partial charge is 0.368 e. The van der Waals surface area contributed by atoms with E-state index in [1.165, 1.54) is 5.56 Å². The van der Waals surface area contributed by atoms with E-state index in [2.05, 4.69) is 10.6 Å². The minimum absolute atomic E-state index is 0. The van der Waals surface area contributed by atoms with Gasteiger partial charge in [-0.3, -0.25) is 4.79 Å². The van der Waals surface area contributed by atoms with Crippen molar-refractivity contribution < 1.29 is 9.53 Å². The molecule has 1 fully saturated rings. The lowest BCUT2D eigenvalue weighted by Crippen LogP contribution is -2.26. The molecule has 1 aliphatic heterocycles. The highest BCUT2D eigenvalue weighted by atomic mass is 35.5. The summed E-state index contributed by atoms with van der Waals surface area (Å²) in [6.45, 7) is 1.53. The molecule has 2 rings (SSSR count). The summed E-state index contributed by atoms with van der Waals surface area (Å²) >= 11 is 0. The first-order chi connectivity index (χ1) is 8.29. The zero-order valence-corrected chi connectivity index (χ0v) is 11.3. The van der Waals surface area contributed by atoms with E-state index in [0.29, 0.717) is 6.61 Å². The Kier molecular flexibility index (Phi) is 6.12. The minimum Gasteiger partial charge on any atom is -0.368 e. The predicted octanol–water partition coefficient (Wildman–Crippen LogP) is 1.95. The maximum absolute atomic E-state index is 11.8. The number of rotatable bonds is 4. The third-order valence-electron chi connectivity index (χ3n) is 2.82. The molecule has 1 atom stereocenters. The van der Waals surface area contributed by atoms with Gasteiger partial charge in [0.15, 0.2) is 0 Å². The second kappa shape index (κ2) is 7.36. The van der Waals surface area contributed by atoms with Gasteiger partial charge in [0.05, 0.1) is 0 Å². The molecule has 1 aromatic rings. The van der Waals surface area contributed by atoms with E-state index in [4.69, 9.17) is 4.74 Å². The Morgan fingerprint density at radius 3 is 2.67 bits per heavy atom. The summed E-state index contributed by atoms with van der Waals surface area (Å²) in [5.41, 5.74) is 2.02. The van der Waals surface area contributed by atoms with Crippen LogP contribution in [0.15, 0.2) is 24.3 Å². The van der Waals surface area contributed by atoms with Crippen LogP contribution in [0.25, 0.3) is 0 Å². The van der Waals surface area contributed by atoms with Crippen molar-refractivity contribution in [1.29, 1.82) is 0 Å². The normalized spacial score (nSPS) is 18.2. The van der Waals surface area contributed by atoms with Crippen molar-refractivity contribution in [3.63, 3.8) is 0 Å². The van der Waals surface area contributed by atoms with Gasteiger partial charge in [0.25, 0.3) is 5.91 Å². The van der Waals surface area contributed by atoms with Gasteiger partial charge >= 0.3 is 0 Å². The molecular weight excluding hydrogens is 252 g/mol. The van der Waals surface area contributed by atoms with E-state index in [0.717, 1.165) is 25.1 Å². The number of hydrogen-bond donors (Lipinski definition) is 2. The van der Waals surface area contributed by atoms with Gasteiger partial charge < -0.3 is 15.4 Å². The fraction of sp³-hybridized carbons (Fsp3) is 0.462. The maximum atomic E-state index is 11.8. The zero-order valence-electron chi connectivity index (χ0n) is 10.4. The molecule has 18 heavy (non-hydrogen) atoms. The number of ether oxygens (including phenoxy) is 1. The number of halogens is 1. The lowest BCUT2D eigenvalue weighted by Gasteiger charge is -2.10. The summed E-state index contributed by atoms with van der Waals surface area (Å²) < 4.78 is 5.33. The summed E-state index contributed by atoms with van der Waals surface area (Å²) in [7, 11) is 1.91. The average molecular weight is 271 g/mol. The average Bonchev–Trinajstić information content (AvgIpc) is 2.86. The van der Waals surface area contributed by atoms with Crippen molar-refractivity contribution in [2.45, 2.75) is 25.5 Å². The molecule has 0 unspecified atom stereocenters. The fourth-order valence-electron chi connectivity index (χ4n) is 1.92. The Morgan fingerprint density at radius 2 is 2.11 bits per heavy atom. The van der Waals surface area contributed by atoms with Gasteiger partial charge in [-0.15, -0.1) is 12.4 Å². The molecule has 0 bridgehead atoms. The van der Waals surface area contributed by atoms with Crippen molar-refractivity contribution in [2.75, 3.05) is 19.0 Å². The van der Waals surface area contributed by atoms with Gasteiger partial charge in [-0.2, -0.15) is 0 Å². The molecule has 4 nitrogen and oxygen atoms in total. The molecule has 1 saturated heterocycles. The molecule has 1 aromatic carbocycles. The van der Waals surface area contributed by atoms with Gasteiger partial charge in [0.2, 0.25) is 0 Å². The van der Waals surface area contributed by atoms with Gasteiger partial charge in [0, 0.05) is 18.8 Å². The SMILES string of the molecule is CNCc1ccc(NC(=O)[C@@H]2CCCO2)cc1.Cl. The van der Waals surface area contributed by atoms with Crippen LogP contribution in [0.1, 0.15) is 18.4 Å². The van der Waals surface area contributed by atoms with Gasteiger partial charge in [-0.25, -0.2) is 0 Å². The molecule has 1 aliphatic rings. The summed E-state index contributed by atoms with van der Waals surface area (Å²) in [5, 5.41) is 5.95. The van der Waals surface area contributed by atoms with Crippen LogP contribution in [-0.4, -0.2) is 25.7 Å². The van der Waals surface area contributed by atoms with Gasteiger partial charge in [-0.1, -0.05) is 12.1 Å². The Bertz CT molecular complexity index is 375. The number of amides is 1. The number of nitrogens with one attached hydrogen (secondary N) is 2. The van der Waals surface area contributed by atoms with E-state index >= 15 is 0 Å². The van der Waals surface area contributed by atoms with Crippen molar-refractivity contribution in [3.8, 4) is 0 Å². The van der Waals surface area contributed by atoms with Crippen LogP contribution in [0.5, 0.6) is 0 Å². The van der Waals surface area contributed by atoms with E-state index in [1.807, 2.05) is 31.3 Å². The van der Waals surface area contributed by atoms with Crippen molar-refractivity contribution in [2.24, 2.45) is 0 Å². The number of hydrogen-bond acceptors (Lipinski definition) is 3. The number of anilines is 1. The molecule has 2 N–H and O–H groups in total. The Labute approximate surface area is 114 Å². The van der Waals surface area contributed by atoms with Crippen LogP contribution < -0.4 is 10.6 Å². The van der Waals surface area contributed by atoms with Crippen LogP contribution in [0.4, 0.5) is 5.69 Å². The summed E-state index contributed by atoms with van der Waals surface area (Å²) in [6.07, 6.45) is 1.52. The highest BCUT2D eigenvalue weighted by Gasteiger charge is 2.23. The maximum Gasteiger partial charge on any atom is 0.253 e. The first-order valence-corrected chi connectivity index (χ1v) is 5.95. The highest BCUT2D eigenvalue weighted by Crippen LogP contribution is 2.15. The lowest BCUT2D eigenvalue weighted by molar-refractivity contribution is -0.124. The molecule has 100 valence electrons. The van der Waals surface area contributed by atoms with Crippen LogP contribution in [-0.2, 0) is 16.1 Å². The molecule has 0 spiro atoms. The third kappa shape index (κ3) is 3.98. The van der Waals surface area contributed by atoms with E-state index < -0.39 is 0 Å². The van der Waals surface area contributed by atoms with Gasteiger partial charge in [-0.05, 0) is 37.6 Å². The molecule has 0 aromatic heterocycles. The first kappa shape index (κ1) is 15.0. The standard InChI is InChI=1S/C13H18N2O2.ClH/c1-14-9-10-4-6-11(7-5-10)15-13(16)12-3-2-8-17-12;/h4-7,12,14H,2-3,8-9H2,1H3,(H,15,16);1H/t12-;/m0./s1. The minimum atomic E-state index is -0.271. The molecule has 0 saturated carbocycles. The lowest BCUT2D eigenvalue weighted by atomic mass is 10.2. The third-order valence-corrected chi connectivity index (χ3v) is 2.82. The predicted molar refractivity (Wildman–Crippen MR) is 74.1 cm³/mol. The summed E-state index contributed by atoms with van der Waals surface area (Å²) in [4.78, 5) is 11.8. The second-order valence-corrected chi connectivity index (χ2v) is 4.22. The molecule has 0 aliphatic carbocycles. The van der Waals surface area contributed by atoms with Gasteiger partial charge in [0.1, 0.15) is 6.10 Å². The van der Waals surface area contributed by atoms with Crippen molar-refractivity contribution in [1.82, 2.24) is 5.32 Å². The Morgan fingerprint density at radius 1 is 1.39 bits per heavy atom. The van der Waals surface area contributed by atoms with E-state index in [-0.39, 0.29) is 24.4 Å². The molecular formula is C13H19ClN2O2. The first-order valence-electron chi connectivity index (χ1n) is 5.95. The monoisotopic (exact) mass is 270 g/mol. The number of benzene rings is 1. The second-order valence-electron chi connectivity index (χ2n) is 4.22. The highest BCUT2D eigenvalue weighted by molar-refractivity contribution is 5.94. The zero-order chi connectivity index (χ0) is 12.1. The topological polar surface area (TPSA) is 50.4 Å². The van der Waals surface area contributed by atoms with Crippen LogP contribution in [0.3, 0.4) is 0 Å². The van der Waals surface area contributed by atoms with Crippen LogP contribution in [0, 0.1) is 0 Å². The van der Waals surface area contributed by atoms with Crippen molar-refractivity contribution >= 4 is 24.0 Å². The van der Waals surface area contributed by atoms with Crippen LogP contribution in [0.2, 0.25) is 0 Å². The van der Waals surface area contributed by atoms with E-state index in [1.54, 1.807) is 0 Å². The molecule has 5 heteroatoms. The van der Waals surface area contributed by atoms with E-state index in [9.17, 15) is 4.79 Å². The number of carbonyl (C=O) groups is 1. The van der Waals surface area contributed by atoms with Crippen molar-refractivity contribution in [3.05, 3.63) is 29.8 Å². The quantitative estimate of drug-likeness (QED) is 0.879. The fourth-order valence-corrected chi connectivity index (χ4v) is 1.92. The molecule has 1 heterocycles. The number of carbonyl (C=O) groups excluding carboxylic acids is 1. The van der Waals surface area contributed by atoms with Crippen LogP contribution >= 0.6 is 12.4 Å². The Balaban J connectivity index is 0.00000162. The Hall–Kier alpha value is -1.10. The molecule has 0 radical (unpaired) electrons.